The van der Waals surface area contributed by atoms with Crippen LogP contribution in [0.5, 0.6) is 0 Å². The molecule has 1 N–H and O–H groups in total. The lowest BCUT2D eigenvalue weighted by Crippen LogP contribution is -2.45. The molecule has 1 atom stereocenters. The van der Waals surface area contributed by atoms with Gasteiger partial charge in [0.2, 0.25) is 11.8 Å². The van der Waals surface area contributed by atoms with Gasteiger partial charge in [0.1, 0.15) is 0 Å². The molecule has 142 valence electrons. The molecule has 0 bridgehead atoms. The summed E-state index contributed by atoms with van der Waals surface area (Å²) in [5.74, 6) is 0.489. The third-order valence-electron chi connectivity index (χ3n) is 6.18. The van der Waals surface area contributed by atoms with E-state index in [9.17, 15) is 9.59 Å². The van der Waals surface area contributed by atoms with Gasteiger partial charge in [0.25, 0.3) is 0 Å². The Balaban J connectivity index is 1.51. The molecule has 5 heteroatoms. The van der Waals surface area contributed by atoms with Gasteiger partial charge in [-0.3, -0.25) is 9.59 Å². The minimum Gasteiger partial charge on any atom is -0.359 e. The molecule has 2 aromatic rings. The normalized spacial score (nSPS) is 22.5. The van der Waals surface area contributed by atoms with Gasteiger partial charge in [-0.2, -0.15) is 11.3 Å². The first-order valence-electron chi connectivity index (χ1n) is 9.74. The van der Waals surface area contributed by atoms with Gasteiger partial charge in [0.15, 0.2) is 0 Å². The summed E-state index contributed by atoms with van der Waals surface area (Å²) in [4.78, 5) is 27.3. The van der Waals surface area contributed by atoms with Crippen molar-refractivity contribution in [1.82, 2.24) is 10.2 Å². The number of carbonyl (C=O) groups is 2. The number of hydrogen-bond donors (Lipinski definition) is 1. The predicted octanol–water partition coefficient (Wildman–Crippen LogP) is 3.72. The van der Waals surface area contributed by atoms with E-state index in [1.165, 1.54) is 11.1 Å². The lowest BCUT2D eigenvalue weighted by molar-refractivity contribution is -0.138. The summed E-state index contributed by atoms with van der Waals surface area (Å²) in [6.45, 7) is 1.23. The van der Waals surface area contributed by atoms with Gasteiger partial charge in [-0.15, -0.1) is 0 Å². The van der Waals surface area contributed by atoms with Gasteiger partial charge in [-0.25, -0.2) is 0 Å². The largest absolute Gasteiger partial charge is 0.359 e. The number of nitrogens with one attached hydrogen (secondary N) is 1. The van der Waals surface area contributed by atoms with Crippen molar-refractivity contribution in [2.75, 3.05) is 20.1 Å². The Morgan fingerprint density at radius 2 is 1.96 bits per heavy atom. The fourth-order valence-corrected chi connectivity index (χ4v) is 4.95. The zero-order valence-electron chi connectivity index (χ0n) is 15.7. The number of rotatable bonds is 5. The van der Waals surface area contributed by atoms with Crippen molar-refractivity contribution >= 4 is 23.2 Å². The number of amides is 2. The topological polar surface area (TPSA) is 49.4 Å². The van der Waals surface area contributed by atoms with Crippen molar-refractivity contribution in [2.24, 2.45) is 11.3 Å². The zero-order valence-corrected chi connectivity index (χ0v) is 16.6. The predicted molar refractivity (Wildman–Crippen MR) is 108 cm³/mol. The van der Waals surface area contributed by atoms with E-state index in [4.69, 9.17) is 0 Å². The molecule has 27 heavy (non-hydrogen) atoms. The average Bonchev–Trinajstić information content (AvgIpc) is 3.31. The fourth-order valence-electron chi connectivity index (χ4n) is 4.28. The van der Waals surface area contributed by atoms with E-state index in [1.807, 2.05) is 4.90 Å². The summed E-state index contributed by atoms with van der Waals surface area (Å²) >= 11 is 1.69. The first-order chi connectivity index (χ1) is 13.1. The Bertz CT molecular complexity index is 811. The summed E-state index contributed by atoms with van der Waals surface area (Å²) in [5, 5.41) is 7.06. The quantitative estimate of drug-likeness (QED) is 0.857. The molecule has 1 saturated carbocycles. The Kier molecular flexibility index (Phi) is 5.04. The second-order valence-corrected chi connectivity index (χ2v) is 8.66. The minimum absolute atomic E-state index is 0.0494. The van der Waals surface area contributed by atoms with Crippen LogP contribution in [-0.2, 0) is 16.0 Å². The average molecular weight is 383 g/mol. The fraction of sp³-hybridized carbons (Fsp3) is 0.455. The Labute approximate surface area is 164 Å². The molecule has 0 spiro atoms. The van der Waals surface area contributed by atoms with Crippen molar-refractivity contribution in [1.29, 1.82) is 0 Å². The second-order valence-electron chi connectivity index (χ2n) is 7.88. The number of benzene rings is 1. The van der Waals surface area contributed by atoms with E-state index in [0.717, 1.165) is 31.2 Å². The Hall–Kier alpha value is -2.14. The monoisotopic (exact) mass is 382 g/mol. The molecule has 1 unspecified atom stereocenters. The van der Waals surface area contributed by atoms with E-state index < -0.39 is 5.41 Å². The van der Waals surface area contributed by atoms with Gasteiger partial charge in [0, 0.05) is 26.1 Å². The summed E-state index contributed by atoms with van der Waals surface area (Å²) in [6.07, 6.45) is 4.57. The first kappa shape index (κ1) is 18.2. The molecule has 1 saturated heterocycles. The highest BCUT2D eigenvalue weighted by atomic mass is 32.1. The van der Waals surface area contributed by atoms with Crippen LogP contribution in [0.2, 0.25) is 0 Å². The molecule has 2 aliphatic rings. The highest BCUT2D eigenvalue weighted by Crippen LogP contribution is 2.38. The third kappa shape index (κ3) is 3.53. The second kappa shape index (κ2) is 7.47. The molecule has 4 nitrogen and oxygen atoms in total. The van der Waals surface area contributed by atoms with Crippen LogP contribution in [0.4, 0.5) is 0 Å². The third-order valence-corrected chi connectivity index (χ3v) is 6.86. The highest BCUT2D eigenvalue weighted by molar-refractivity contribution is 7.08. The molecule has 0 radical (unpaired) electrons. The van der Waals surface area contributed by atoms with Crippen molar-refractivity contribution in [3.05, 3.63) is 46.7 Å². The van der Waals surface area contributed by atoms with E-state index in [2.05, 4.69) is 46.4 Å². The van der Waals surface area contributed by atoms with Crippen LogP contribution < -0.4 is 5.32 Å². The zero-order chi connectivity index (χ0) is 18.9. The smallest absolute Gasteiger partial charge is 0.228 e. The standard InChI is InChI=1S/C22H26N2O2S/c1-23-21(26)22(10-11-24(15-22)20(25)18-3-2-4-18)13-16-5-7-17(8-6-16)19-9-12-27-14-19/h5-9,12,14,18H,2-4,10-11,13,15H2,1H3,(H,23,26). The summed E-state index contributed by atoms with van der Waals surface area (Å²) in [7, 11) is 1.69. The van der Waals surface area contributed by atoms with E-state index in [-0.39, 0.29) is 17.7 Å². The molecule has 1 aliphatic carbocycles. The molecule has 1 aliphatic heterocycles. The number of thiophene rings is 1. The van der Waals surface area contributed by atoms with Gasteiger partial charge < -0.3 is 10.2 Å². The maximum absolute atomic E-state index is 12.8. The van der Waals surface area contributed by atoms with Crippen molar-refractivity contribution < 1.29 is 9.59 Å². The molecular weight excluding hydrogens is 356 g/mol. The lowest BCUT2D eigenvalue weighted by Gasteiger charge is -2.31. The van der Waals surface area contributed by atoms with Crippen LogP contribution >= 0.6 is 11.3 Å². The van der Waals surface area contributed by atoms with Gasteiger partial charge in [-0.05, 0) is 59.2 Å². The van der Waals surface area contributed by atoms with Crippen LogP contribution in [0.25, 0.3) is 11.1 Å². The Morgan fingerprint density at radius 1 is 1.19 bits per heavy atom. The number of nitrogens with zero attached hydrogens (tertiary/aromatic N) is 1. The van der Waals surface area contributed by atoms with Gasteiger partial charge >= 0.3 is 0 Å². The molecule has 1 aromatic heterocycles. The van der Waals surface area contributed by atoms with Crippen LogP contribution in [0, 0.1) is 11.3 Å². The maximum atomic E-state index is 12.8. The van der Waals surface area contributed by atoms with Crippen molar-refractivity contribution in [3.63, 3.8) is 0 Å². The molecule has 2 amide bonds. The van der Waals surface area contributed by atoms with Crippen LogP contribution in [0.3, 0.4) is 0 Å². The summed E-state index contributed by atoms with van der Waals surface area (Å²) in [5.41, 5.74) is 3.06. The van der Waals surface area contributed by atoms with Gasteiger partial charge in [0.05, 0.1) is 5.41 Å². The number of carbonyl (C=O) groups excluding carboxylic acids is 2. The van der Waals surface area contributed by atoms with Crippen LogP contribution in [0.1, 0.15) is 31.2 Å². The van der Waals surface area contributed by atoms with Crippen LogP contribution in [-0.4, -0.2) is 36.9 Å². The van der Waals surface area contributed by atoms with Crippen LogP contribution in [0.15, 0.2) is 41.1 Å². The minimum atomic E-state index is -0.516. The summed E-state index contributed by atoms with van der Waals surface area (Å²) in [6, 6.07) is 10.6. The number of hydrogen-bond acceptors (Lipinski definition) is 3. The first-order valence-corrected chi connectivity index (χ1v) is 10.7. The van der Waals surface area contributed by atoms with Crippen molar-refractivity contribution in [2.45, 2.75) is 32.1 Å². The summed E-state index contributed by atoms with van der Waals surface area (Å²) < 4.78 is 0. The van der Waals surface area contributed by atoms with E-state index >= 15 is 0 Å². The molecule has 4 rings (SSSR count). The lowest BCUT2D eigenvalue weighted by atomic mass is 9.79. The van der Waals surface area contributed by atoms with E-state index in [1.54, 1.807) is 18.4 Å². The maximum Gasteiger partial charge on any atom is 0.228 e. The SMILES string of the molecule is CNC(=O)C1(Cc2ccc(-c3ccsc3)cc2)CCN(C(=O)C2CCC2)C1. The molecular formula is C22H26N2O2S. The van der Waals surface area contributed by atoms with Gasteiger partial charge in [-0.1, -0.05) is 30.7 Å². The van der Waals surface area contributed by atoms with Crippen molar-refractivity contribution in [3.8, 4) is 11.1 Å². The Morgan fingerprint density at radius 3 is 2.56 bits per heavy atom. The van der Waals surface area contributed by atoms with E-state index in [0.29, 0.717) is 19.5 Å². The highest BCUT2D eigenvalue weighted by Gasteiger charge is 2.46. The number of likely N-dealkylation sites (tertiary alicyclic amines) is 1. The molecule has 2 heterocycles. The molecule has 2 fully saturated rings. The molecule has 1 aromatic carbocycles.